The molecule has 0 bridgehead atoms. The molecule has 31 heavy (non-hydrogen) atoms. The van der Waals surface area contributed by atoms with E-state index in [1.54, 1.807) is 30.3 Å². The molecular formula is C23H23N3O4S. The van der Waals surface area contributed by atoms with E-state index >= 15 is 0 Å². The van der Waals surface area contributed by atoms with E-state index in [1.807, 2.05) is 60.3 Å². The second-order valence-electron chi connectivity index (χ2n) is 6.95. The Labute approximate surface area is 184 Å². The van der Waals surface area contributed by atoms with Gasteiger partial charge in [-0.3, -0.25) is 4.79 Å². The minimum absolute atomic E-state index is 0.243. The molecule has 0 aliphatic rings. The van der Waals surface area contributed by atoms with Crippen LogP contribution >= 0.6 is 11.8 Å². The lowest BCUT2D eigenvalue weighted by Gasteiger charge is -2.07. The highest BCUT2D eigenvalue weighted by atomic mass is 32.2. The van der Waals surface area contributed by atoms with Gasteiger partial charge in [-0.1, -0.05) is 36.0 Å². The number of hydrogen-bond donors (Lipinski definition) is 1. The van der Waals surface area contributed by atoms with Crippen molar-refractivity contribution in [2.75, 3.05) is 0 Å². The second kappa shape index (κ2) is 10.2. The van der Waals surface area contributed by atoms with Crippen molar-refractivity contribution in [2.24, 2.45) is 7.05 Å². The molecule has 8 heteroatoms. The highest BCUT2D eigenvalue weighted by Crippen LogP contribution is 2.22. The van der Waals surface area contributed by atoms with Crippen molar-refractivity contribution in [1.29, 1.82) is 0 Å². The van der Waals surface area contributed by atoms with Gasteiger partial charge in [-0.25, -0.2) is 4.98 Å². The van der Waals surface area contributed by atoms with E-state index in [0.717, 1.165) is 27.8 Å². The number of aryl methyl sites for hydroxylation is 1. The van der Waals surface area contributed by atoms with Gasteiger partial charge in [0.25, 0.3) is 5.91 Å². The maximum atomic E-state index is 12.4. The number of hydrogen-bond acceptors (Lipinski definition) is 6. The van der Waals surface area contributed by atoms with Gasteiger partial charge in [0.2, 0.25) is 0 Å². The molecule has 160 valence electrons. The zero-order valence-corrected chi connectivity index (χ0v) is 17.9. The first kappa shape index (κ1) is 21.0. The minimum Gasteiger partial charge on any atom is -0.467 e. The van der Waals surface area contributed by atoms with Gasteiger partial charge >= 0.3 is 0 Å². The van der Waals surface area contributed by atoms with E-state index in [2.05, 4.69) is 10.3 Å². The number of rotatable bonds is 10. The maximum absolute atomic E-state index is 12.4. The summed E-state index contributed by atoms with van der Waals surface area (Å²) in [7, 11) is 1.94. The lowest BCUT2D eigenvalue weighted by molar-refractivity contribution is 0.0919. The average Bonchev–Trinajstić information content (AvgIpc) is 3.53. The number of thioether (sulfide) groups is 1. The molecule has 4 rings (SSSR count). The second-order valence-corrected chi connectivity index (χ2v) is 7.89. The fourth-order valence-electron chi connectivity index (χ4n) is 2.97. The third-order valence-electron chi connectivity index (χ3n) is 4.54. The zero-order valence-electron chi connectivity index (χ0n) is 17.1. The maximum Gasteiger partial charge on any atom is 0.287 e. The van der Waals surface area contributed by atoms with E-state index in [0.29, 0.717) is 31.3 Å². The van der Waals surface area contributed by atoms with Gasteiger partial charge in [0.1, 0.15) is 18.1 Å². The number of benzene rings is 1. The number of amides is 1. The van der Waals surface area contributed by atoms with Crippen molar-refractivity contribution >= 4 is 17.7 Å². The van der Waals surface area contributed by atoms with Gasteiger partial charge in [0, 0.05) is 26.0 Å². The molecule has 0 saturated heterocycles. The molecule has 0 radical (unpaired) electrons. The molecule has 1 aromatic carbocycles. The Morgan fingerprint density at radius 1 is 1.13 bits per heavy atom. The van der Waals surface area contributed by atoms with Crippen LogP contribution in [-0.4, -0.2) is 15.5 Å². The largest absolute Gasteiger partial charge is 0.467 e. The summed E-state index contributed by atoms with van der Waals surface area (Å²) in [5.74, 6) is 2.19. The fraction of sp³-hybridized carbons (Fsp3) is 0.217. The number of carbonyl (C=O) groups excluding carboxylic acids is 1. The topological polar surface area (TPSA) is 82.4 Å². The Morgan fingerprint density at radius 2 is 2.03 bits per heavy atom. The van der Waals surface area contributed by atoms with Crippen LogP contribution in [0.4, 0.5) is 0 Å². The summed E-state index contributed by atoms with van der Waals surface area (Å²) >= 11 is 1.56. The molecule has 1 amide bonds. The summed E-state index contributed by atoms with van der Waals surface area (Å²) < 4.78 is 18.6. The Bertz CT molecular complexity index is 1120. The molecule has 7 nitrogen and oxygen atoms in total. The average molecular weight is 438 g/mol. The monoisotopic (exact) mass is 437 g/mol. The van der Waals surface area contributed by atoms with Gasteiger partial charge in [-0.2, -0.15) is 0 Å². The van der Waals surface area contributed by atoms with E-state index in [4.69, 9.17) is 13.6 Å². The first-order valence-electron chi connectivity index (χ1n) is 9.82. The summed E-state index contributed by atoms with van der Waals surface area (Å²) in [4.78, 5) is 16.7. The van der Waals surface area contributed by atoms with Crippen molar-refractivity contribution < 1.29 is 18.4 Å². The molecule has 4 aromatic rings. The van der Waals surface area contributed by atoms with Crippen molar-refractivity contribution in [3.63, 3.8) is 0 Å². The summed E-state index contributed by atoms with van der Waals surface area (Å²) in [5, 5.41) is 3.80. The first-order valence-corrected chi connectivity index (χ1v) is 10.8. The molecule has 0 spiro atoms. The van der Waals surface area contributed by atoms with Crippen LogP contribution in [0.2, 0.25) is 0 Å². The third kappa shape index (κ3) is 5.90. The zero-order chi connectivity index (χ0) is 21.5. The van der Waals surface area contributed by atoms with Crippen molar-refractivity contribution in [2.45, 2.75) is 30.7 Å². The van der Waals surface area contributed by atoms with Crippen LogP contribution in [0.25, 0.3) is 0 Å². The standard InChI is InChI=1S/C23H23N3O4S/c1-26-10-9-24-23(26)31-16-20-7-8-21(30-20)22(27)25-13-17-4-2-5-18(12-17)14-28-15-19-6-3-11-29-19/h2-12H,13-16H2,1H3,(H,25,27). The quantitative estimate of drug-likeness (QED) is 0.367. The highest BCUT2D eigenvalue weighted by molar-refractivity contribution is 7.98. The Morgan fingerprint density at radius 3 is 2.84 bits per heavy atom. The van der Waals surface area contributed by atoms with E-state index < -0.39 is 0 Å². The predicted molar refractivity (Wildman–Crippen MR) is 116 cm³/mol. The molecule has 0 aliphatic carbocycles. The summed E-state index contributed by atoms with van der Waals surface area (Å²) in [5.41, 5.74) is 2.02. The van der Waals surface area contributed by atoms with Gasteiger partial charge in [0.05, 0.1) is 18.6 Å². The van der Waals surface area contributed by atoms with E-state index in [9.17, 15) is 4.79 Å². The minimum atomic E-state index is -0.243. The van der Waals surface area contributed by atoms with Crippen molar-refractivity contribution in [3.8, 4) is 0 Å². The fourth-order valence-corrected chi connectivity index (χ4v) is 3.79. The molecular weight excluding hydrogens is 414 g/mol. The summed E-state index contributed by atoms with van der Waals surface area (Å²) in [6.07, 6.45) is 5.27. The van der Waals surface area contributed by atoms with Crippen LogP contribution in [0.15, 0.2) is 81.2 Å². The molecule has 1 N–H and O–H groups in total. The number of furan rings is 2. The van der Waals surface area contributed by atoms with Crippen LogP contribution in [0.5, 0.6) is 0 Å². The Hall–Kier alpha value is -3.23. The number of nitrogens with one attached hydrogen (secondary N) is 1. The lowest BCUT2D eigenvalue weighted by Crippen LogP contribution is -2.22. The van der Waals surface area contributed by atoms with Gasteiger partial charge < -0.3 is 23.5 Å². The molecule has 0 atom stereocenters. The van der Waals surface area contributed by atoms with Gasteiger partial charge in [-0.15, -0.1) is 0 Å². The number of aromatic nitrogens is 2. The SMILES string of the molecule is Cn1ccnc1SCc1ccc(C(=O)NCc2cccc(COCc3ccco3)c2)o1. The van der Waals surface area contributed by atoms with Crippen LogP contribution in [0, 0.1) is 0 Å². The number of nitrogens with zero attached hydrogens (tertiary/aromatic N) is 2. The van der Waals surface area contributed by atoms with Crippen molar-refractivity contribution in [1.82, 2.24) is 14.9 Å². The molecule has 0 unspecified atom stereocenters. The third-order valence-corrected chi connectivity index (χ3v) is 5.62. The van der Waals surface area contributed by atoms with E-state index in [-0.39, 0.29) is 5.91 Å². The van der Waals surface area contributed by atoms with Crippen LogP contribution < -0.4 is 5.32 Å². The summed E-state index contributed by atoms with van der Waals surface area (Å²) in [6, 6.07) is 15.2. The smallest absolute Gasteiger partial charge is 0.287 e. The van der Waals surface area contributed by atoms with Crippen LogP contribution in [0.1, 0.15) is 33.2 Å². The van der Waals surface area contributed by atoms with Crippen LogP contribution in [0.3, 0.4) is 0 Å². The van der Waals surface area contributed by atoms with Gasteiger partial charge in [0.15, 0.2) is 10.9 Å². The van der Waals surface area contributed by atoms with Crippen molar-refractivity contribution in [3.05, 3.63) is 95.6 Å². The molecule has 3 aromatic heterocycles. The normalized spacial score (nSPS) is 11.0. The van der Waals surface area contributed by atoms with Crippen LogP contribution in [-0.2, 0) is 37.3 Å². The number of carbonyl (C=O) groups is 1. The number of ether oxygens (including phenoxy) is 1. The summed E-state index contributed by atoms with van der Waals surface area (Å²) in [6.45, 7) is 1.30. The van der Waals surface area contributed by atoms with E-state index in [1.165, 1.54) is 0 Å². The van der Waals surface area contributed by atoms with Gasteiger partial charge in [-0.05, 0) is 35.4 Å². The highest BCUT2D eigenvalue weighted by Gasteiger charge is 2.12. The lowest BCUT2D eigenvalue weighted by atomic mass is 10.1. The Balaban J connectivity index is 1.25. The molecule has 0 aliphatic heterocycles. The molecule has 0 saturated carbocycles. The number of imidazole rings is 1. The molecule has 0 fully saturated rings. The first-order chi connectivity index (χ1) is 15.2. The molecule has 3 heterocycles. The predicted octanol–water partition coefficient (Wildman–Crippen LogP) is 4.55. The Kier molecular flexibility index (Phi) is 6.91.